The maximum atomic E-state index is 14.0. The van der Waals surface area contributed by atoms with Gasteiger partial charge in [0.05, 0.1) is 11.1 Å². The first-order valence-electron chi connectivity index (χ1n) is 13.9. The van der Waals surface area contributed by atoms with Crippen molar-refractivity contribution in [3.05, 3.63) is 71.1 Å². The van der Waals surface area contributed by atoms with Crippen molar-refractivity contribution in [3.8, 4) is 0 Å². The molecule has 2 heterocycles. The van der Waals surface area contributed by atoms with E-state index in [-0.39, 0.29) is 54.9 Å². The highest BCUT2D eigenvalue weighted by Gasteiger charge is 2.28. The van der Waals surface area contributed by atoms with Crippen molar-refractivity contribution >= 4 is 46.1 Å². The SMILES string of the molecule is CC(=O)N(NCc1cccc(F)c1Cl)[C@@H](CCC(=O)N1C[C@@H](C)N[C@@H](C)C1)COC(=O)Nc1cc2ccccc2cn1. The van der Waals surface area contributed by atoms with Gasteiger partial charge in [-0.25, -0.2) is 19.6 Å². The number of hydrazine groups is 1. The maximum Gasteiger partial charge on any atom is 0.412 e. The molecular weight excluding hydrogens is 563 g/mol. The number of aromatic nitrogens is 1. The summed E-state index contributed by atoms with van der Waals surface area (Å²) in [5.41, 5.74) is 3.44. The standard InChI is InChI=1S/C30H36ClFN6O4/c1-19-16-37(17-20(2)35-19)28(40)12-11-25(38(21(3)39)34-15-24-9-6-10-26(32)29(24)31)18-42-30(41)36-27-13-22-7-4-5-8-23(22)14-33-27/h4-10,13-14,19-20,25,34-35H,11-12,15-18H2,1-3H3,(H,33,36,41)/t19-,20+,25-/m0/s1. The van der Waals surface area contributed by atoms with Crippen molar-refractivity contribution in [1.82, 2.24) is 25.6 Å². The summed E-state index contributed by atoms with van der Waals surface area (Å²) in [4.78, 5) is 44.6. The predicted octanol–water partition coefficient (Wildman–Crippen LogP) is 4.49. The molecule has 3 aromatic rings. The third-order valence-electron chi connectivity index (χ3n) is 7.05. The zero-order chi connectivity index (χ0) is 30.2. The number of halogens is 2. The Bertz CT molecular complexity index is 1420. The Morgan fingerprint density at radius 2 is 1.86 bits per heavy atom. The number of pyridine rings is 1. The number of amides is 3. The van der Waals surface area contributed by atoms with Crippen LogP contribution in [0.15, 0.2) is 54.7 Å². The zero-order valence-corrected chi connectivity index (χ0v) is 24.7. The second-order valence-electron chi connectivity index (χ2n) is 10.5. The fourth-order valence-corrected chi connectivity index (χ4v) is 5.28. The van der Waals surface area contributed by atoms with Gasteiger partial charge in [-0.2, -0.15) is 0 Å². The van der Waals surface area contributed by atoms with Crippen molar-refractivity contribution in [2.24, 2.45) is 0 Å². The molecule has 0 radical (unpaired) electrons. The summed E-state index contributed by atoms with van der Waals surface area (Å²) in [5.74, 6) is -0.685. The Morgan fingerprint density at radius 1 is 1.14 bits per heavy atom. The van der Waals surface area contributed by atoms with E-state index in [1.54, 1.807) is 23.2 Å². The minimum absolute atomic E-state index is 0.0423. The Kier molecular flexibility index (Phi) is 10.7. The Hall–Kier alpha value is -3.80. The van der Waals surface area contributed by atoms with Gasteiger partial charge in [-0.1, -0.05) is 48.0 Å². The molecule has 0 saturated carbocycles. The predicted molar refractivity (Wildman–Crippen MR) is 159 cm³/mol. The zero-order valence-electron chi connectivity index (χ0n) is 23.9. The molecular formula is C30H36ClFN6O4. The highest BCUT2D eigenvalue weighted by molar-refractivity contribution is 6.31. The van der Waals surface area contributed by atoms with E-state index in [4.69, 9.17) is 16.3 Å². The average Bonchev–Trinajstić information content (AvgIpc) is 2.95. The van der Waals surface area contributed by atoms with E-state index < -0.39 is 18.0 Å². The molecule has 1 aromatic heterocycles. The molecule has 0 bridgehead atoms. The minimum atomic E-state index is -0.754. The smallest absolute Gasteiger partial charge is 0.412 e. The molecule has 0 unspecified atom stereocenters. The fourth-order valence-electron chi connectivity index (χ4n) is 5.08. The van der Waals surface area contributed by atoms with Crippen LogP contribution >= 0.6 is 11.6 Å². The van der Waals surface area contributed by atoms with Crippen LogP contribution in [0.25, 0.3) is 10.8 Å². The number of hydrogen-bond acceptors (Lipinski definition) is 7. The van der Waals surface area contributed by atoms with Crippen molar-refractivity contribution in [2.45, 2.75) is 58.3 Å². The first kappa shape index (κ1) is 31.1. The van der Waals surface area contributed by atoms with Crippen LogP contribution in [-0.2, 0) is 20.9 Å². The molecule has 1 saturated heterocycles. The molecule has 224 valence electrons. The van der Waals surface area contributed by atoms with E-state index in [0.717, 1.165) is 10.8 Å². The van der Waals surface area contributed by atoms with Gasteiger partial charge in [-0.15, -0.1) is 0 Å². The molecule has 0 aliphatic carbocycles. The van der Waals surface area contributed by atoms with Crippen LogP contribution < -0.4 is 16.1 Å². The fraction of sp³-hybridized carbons (Fsp3) is 0.400. The second kappa shape index (κ2) is 14.4. The number of hydrogen-bond donors (Lipinski definition) is 3. The highest BCUT2D eigenvalue weighted by atomic mass is 35.5. The molecule has 1 aliphatic heterocycles. The third-order valence-corrected chi connectivity index (χ3v) is 7.47. The molecule has 3 atom stereocenters. The van der Waals surface area contributed by atoms with Crippen LogP contribution in [0.1, 0.15) is 39.2 Å². The molecule has 2 aromatic carbocycles. The number of rotatable bonds is 10. The third kappa shape index (κ3) is 8.37. The quantitative estimate of drug-likeness (QED) is 0.295. The highest BCUT2D eigenvalue weighted by Crippen LogP contribution is 2.20. The second-order valence-corrected chi connectivity index (χ2v) is 10.9. The minimum Gasteiger partial charge on any atom is -0.447 e. The van der Waals surface area contributed by atoms with Crippen LogP contribution in [0.4, 0.5) is 15.0 Å². The first-order valence-corrected chi connectivity index (χ1v) is 14.3. The van der Waals surface area contributed by atoms with Crippen LogP contribution in [0.5, 0.6) is 0 Å². The van der Waals surface area contributed by atoms with E-state index >= 15 is 0 Å². The summed E-state index contributed by atoms with van der Waals surface area (Å²) < 4.78 is 19.5. The van der Waals surface area contributed by atoms with Crippen molar-refractivity contribution < 1.29 is 23.5 Å². The molecule has 42 heavy (non-hydrogen) atoms. The average molecular weight is 599 g/mol. The van der Waals surface area contributed by atoms with Gasteiger partial charge in [0.1, 0.15) is 18.2 Å². The molecule has 3 amide bonds. The number of nitrogens with one attached hydrogen (secondary N) is 3. The number of fused-ring (bicyclic) bond motifs is 1. The monoisotopic (exact) mass is 598 g/mol. The molecule has 10 nitrogen and oxygen atoms in total. The van der Waals surface area contributed by atoms with Gasteiger partial charge < -0.3 is 15.0 Å². The van der Waals surface area contributed by atoms with E-state index in [1.807, 2.05) is 38.1 Å². The number of carbonyl (C=O) groups is 3. The Labute approximate surface area is 249 Å². The van der Waals surface area contributed by atoms with Crippen molar-refractivity contribution in [1.29, 1.82) is 0 Å². The molecule has 0 spiro atoms. The molecule has 3 N–H and O–H groups in total. The van der Waals surface area contributed by atoms with Crippen molar-refractivity contribution in [3.63, 3.8) is 0 Å². The number of nitrogens with zero attached hydrogens (tertiary/aromatic N) is 3. The van der Waals surface area contributed by atoms with Gasteiger partial charge in [0.15, 0.2) is 0 Å². The van der Waals surface area contributed by atoms with Crippen LogP contribution in [0, 0.1) is 5.82 Å². The van der Waals surface area contributed by atoms with Crippen LogP contribution in [0.2, 0.25) is 5.02 Å². The van der Waals surface area contributed by atoms with Gasteiger partial charge in [0, 0.05) is 56.6 Å². The molecule has 1 fully saturated rings. The summed E-state index contributed by atoms with van der Waals surface area (Å²) in [7, 11) is 0. The van der Waals surface area contributed by atoms with Gasteiger partial charge in [0.2, 0.25) is 11.8 Å². The number of carbonyl (C=O) groups excluding carboxylic acids is 3. The van der Waals surface area contributed by atoms with Crippen LogP contribution in [0.3, 0.4) is 0 Å². The maximum absolute atomic E-state index is 14.0. The van der Waals surface area contributed by atoms with Gasteiger partial charge in [-0.05, 0) is 43.4 Å². The molecule has 12 heteroatoms. The summed E-state index contributed by atoms with van der Waals surface area (Å²) in [6, 6.07) is 13.4. The Morgan fingerprint density at radius 3 is 2.57 bits per heavy atom. The van der Waals surface area contributed by atoms with E-state index in [1.165, 1.54) is 24.1 Å². The molecule has 4 rings (SSSR count). The lowest BCUT2D eigenvalue weighted by molar-refractivity contribution is -0.139. The number of benzene rings is 2. The van der Waals surface area contributed by atoms with Gasteiger partial charge >= 0.3 is 6.09 Å². The lowest BCUT2D eigenvalue weighted by Crippen LogP contribution is -2.56. The van der Waals surface area contributed by atoms with Crippen molar-refractivity contribution in [2.75, 3.05) is 25.0 Å². The number of ether oxygens (including phenoxy) is 1. The summed E-state index contributed by atoms with van der Waals surface area (Å²) in [5, 5.41) is 9.10. The van der Waals surface area contributed by atoms with E-state index in [9.17, 15) is 18.8 Å². The summed E-state index contributed by atoms with van der Waals surface area (Å²) in [6.07, 6.45) is 1.25. The summed E-state index contributed by atoms with van der Waals surface area (Å²) in [6.45, 7) is 6.40. The Balaban J connectivity index is 1.44. The topological polar surface area (TPSA) is 116 Å². The number of piperazine rings is 1. The van der Waals surface area contributed by atoms with Gasteiger partial charge in [-0.3, -0.25) is 19.9 Å². The van der Waals surface area contributed by atoms with E-state index in [2.05, 4.69) is 21.0 Å². The lowest BCUT2D eigenvalue weighted by Gasteiger charge is -2.37. The molecule has 1 aliphatic rings. The normalized spacial score (nSPS) is 17.5. The van der Waals surface area contributed by atoms with E-state index in [0.29, 0.717) is 24.5 Å². The largest absolute Gasteiger partial charge is 0.447 e. The number of anilines is 1. The summed E-state index contributed by atoms with van der Waals surface area (Å²) >= 11 is 6.11. The van der Waals surface area contributed by atoms with Gasteiger partial charge in [0.25, 0.3) is 0 Å². The van der Waals surface area contributed by atoms with Crippen LogP contribution in [-0.4, -0.2) is 70.6 Å². The first-order chi connectivity index (χ1) is 20.1. The lowest BCUT2D eigenvalue weighted by atomic mass is 10.1.